The fourth-order valence-electron chi connectivity index (χ4n) is 2.58. The summed E-state index contributed by atoms with van der Waals surface area (Å²) in [7, 11) is 0. The van der Waals surface area contributed by atoms with Gasteiger partial charge in [-0.2, -0.15) is 0 Å². The fourth-order valence-corrected chi connectivity index (χ4v) is 3.15. The number of ether oxygens (including phenoxy) is 1. The quantitative estimate of drug-likeness (QED) is 0.643. The number of aromatic nitrogens is 1. The van der Waals surface area contributed by atoms with E-state index in [1.807, 2.05) is 51.1 Å². The molecule has 0 aliphatic carbocycles. The number of carbonyl (C=O) groups excluding carboxylic acids is 1. The summed E-state index contributed by atoms with van der Waals surface area (Å²) in [5.41, 5.74) is 4.35. The number of halogens is 2. The molecule has 1 amide bonds. The second kappa shape index (κ2) is 7.52. The monoisotopic (exact) mass is 388 g/mol. The lowest BCUT2D eigenvalue weighted by atomic mass is 10.1. The average molecular weight is 389 g/mol. The molecule has 0 atom stereocenters. The lowest BCUT2D eigenvalue weighted by Crippen LogP contribution is -2.20. The van der Waals surface area contributed by atoms with Crippen LogP contribution in [0.4, 0.5) is 5.69 Å². The van der Waals surface area contributed by atoms with Crippen LogP contribution < -0.4 is 10.1 Å². The number of amides is 1. The van der Waals surface area contributed by atoms with E-state index in [1.165, 1.54) is 5.56 Å². The van der Waals surface area contributed by atoms with Crippen LogP contribution in [0.3, 0.4) is 0 Å². The van der Waals surface area contributed by atoms with Gasteiger partial charge in [-0.05, 0) is 62.2 Å². The van der Waals surface area contributed by atoms with Crippen molar-refractivity contribution in [3.8, 4) is 5.75 Å². The van der Waals surface area contributed by atoms with Crippen LogP contribution in [0.2, 0.25) is 10.0 Å². The minimum Gasteiger partial charge on any atom is -0.480 e. The topological polar surface area (TPSA) is 51.2 Å². The Morgan fingerprint density at radius 2 is 1.81 bits per heavy atom. The van der Waals surface area contributed by atoms with E-state index in [9.17, 15) is 4.79 Å². The van der Waals surface area contributed by atoms with Gasteiger partial charge in [0.2, 0.25) is 0 Å². The molecule has 1 heterocycles. The number of hydrogen-bond acceptors (Lipinski definition) is 3. The Bertz CT molecular complexity index is 1000. The van der Waals surface area contributed by atoms with Crippen molar-refractivity contribution in [1.82, 2.24) is 4.98 Å². The predicted octanol–water partition coefficient (Wildman–Crippen LogP) is 5.48. The third-order valence-electron chi connectivity index (χ3n) is 4.12. The number of aryl methyl sites for hydroxylation is 3. The Morgan fingerprint density at radius 3 is 2.54 bits per heavy atom. The van der Waals surface area contributed by atoms with Gasteiger partial charge in [0.15, 0.2) is 12.4 Å². The molecule has 2 aromatic carbocycles. The zero-order valence-corrected chi connectivity index (χ0v) is 16.2. The highest BCUT2D eigenvalue weighted by atomic mass is 35.5. The second-order valence-corrected chi connectivity index (χ2v) is 6.97. The van der Waals surface area contributed by atoms with Crippen LogP contribution >= 0.6 is 23.2 Å². The van der Waals surface area contributed by atoms with E-state index >= 15 is 0 Å². The Morgan fingerprint density at radius 1 is 1.04 bits per heavy atom. The number of rotatable bonds is 4. The zero-order chi connectivity index (χ0) is 18.8. The average Bonchev–Trinajstić information content (AvgIpc) is 2.57. The van der Waals surface area contributed by atoms with E-state index in [0.717, 1.165) is 22.3 Å². The molecule has 0 saturated carbocycles. The zero-order valence-electron chi connectivity index (χ0n) is 14.7. The first kappa shape index (κ1) is 18.5. The maximum atomic E-state index is 12.2. The minimum atomic E-state index is -0.278. The van der Waals surface area contributed by atoms with Gasteiger partial charge >= 0.3 is 0 Å². The van der Waals surface area contributed by atoms with E-state index in [1.54, 1.807) is 6.07 Å². The molecule has 0 aliphatic heterocycles. The van der Waals surface area contributed by atoms with Crippen LogP contribution in [-0.4, -0.2) is 17.5 Å². The number of hydrogen-bond donors (Lipinski definition) is 1. The van der Waals surface area contributed by atoms with Crippen molar-refractivity contribution >= 4 is 45.7 Å². The molecule has 3 aromatic rings. The summed E-state index contributed by atoms with van der Waals surface area (Å²) < 4.78 is 5.68. The molecule has 0 spiro atoms. The highest BCUT2D eigenvalue weighted by Crippen LogP contribution is 2.37. The Balaban J connectivity index is 1.80. The van der Waals surface area contributed by atoms with Crippen molar-refractivity contribution in [3.05, 3.63) is 63.3 Å². The molecule has 4 nitrogen and oxygen atoms in total. The molecule has 0 saturated heterocycles. The highest BCUT2D eigenvalue weighted by Gasteiger charge is 2.15. The van der Waals surface area contributed by atoms with Gasteiger partial charge in [-0.1, -0.05) is 29.3 Å². The number of pyridine rings is 1. The summed E-state index contributed by atoms with van der Waals surface area (Å²) in [5.74, 6) is 0.0741. The molecule has 6 heteroatoms. The van der Waals surface area contributed by atoms with Crippen LogP contribution in [0.25, 0.3) is 10.9 Å². The van der Waals surface area contributed by atoms with E-state index in [2.05, 4.69) is 10.3 Å². The van der Waals surface area contributed by atoms with Gasteiger partial charge in [0.25, 0.3) is 5.91 Å². The van der Waals surface area contributed by atoms with Crippen molar-refractivity contribution < 1.29 is 9.53 Å². The molecular formula is C20H18Cl2N2O2. The SMILES string of the molecule is Cc1ccc2c(Cl)cc(Cl)c(OCC(=O)Nc3ccc(C)c(C)c3)c2n1. The van der Waals surface area contributed by atoms with Crippen molar-refractivity contribution in [2.24, 2.45) is 0 Å². The smallest absolute Gasteiger partial charge is 0.262 e. The lowest BCUT2D eigenvalue weighted by molar-refractivity contribution is -0.118. The molecule has 134 valence electrons. The Hall–Kier alpha value is -2.30. The van der Waals surface area contributed by atoms with Crippen molar-refractivity contribution in [2.45, 2.75) is 20.8 Å². The number of benzene rings is 2. The summed E-state index contributed by atoms with van der Waals surface area (Å²) in [6.07, 6.45) is 0. The van der Waals surface area contributed by atoms with E-state index in [-0.39, 0.29) is 12.5 Å². The van der Waals surface area contributed by atoms with Gasteiger partial charge in [-0.25, -0.2) is 4.98 Å². The maximum Gasteiger partial charge on any atom is 0.262 e. The standard InChI is InChI=1S/C20H18Cl2N2O2/c1-11-4-6-14(8-12(11)2)24-18(25)10-26-20-17(22)9-16(21)15-7-5-13(3)23-19(15)20/h4-9H,10H2,1-3H3,(H,24,25). The molecule has 1 aromatic heterocycles. The van der Waals surface area contributed by atoms with Crippen LogP contribution in [0, 0.1) is 20.8 Å². The van der Waals surface area contributed by atoms with Gasteiger partial charge in [0.1, 0.15) is 5.52 Å². The molecule has 0 bridgehead atoms. The van der Waals surface area contributed by atoms with Gasteiger partial charge < -0.3 is 10.1 Å². The minimum absolute atomic E-state index is 0.182. The first-order valence-electron chi connectivity index (χ1n) is 8.10. The third-order valence-corrected chi connectivity index (χ3v) is 4.71. The van der Waals surface area contributed by atoms with Crippen molar-refractivity contribution in [2.75, 3.05) is 11.9 Å². The third kappa shape index (κ3) is 3.92. The van der Waals surface area contributed by atoms with E-state index in [0.29, 0.717) is 21.3 Å². The van der Waals surface area contributed by atoms with Gasteiger partial charge in [-0.3, -0.25) is 4.79 Å². The van der Waals surface area contributed by atoms with Gasteiger partial charge in [0.05, 0.1) is 10.0 Å². The van der Waals surface area contributed by atoms with Crippen LogP contribution in [0.5, 0.6) is 5.75 Å². The summed E-state index contributed by atoms with van der Waals surface area (Å²) in [6.45, 7) is 5.70. The first-order valence-corrected chi connectivity index (χ1v) is 8.86. The van der Waals surface area contributed by atoms with Gasteiger partial charge in [0, 0.05) is 16.8 Å². The second-order valence-electron chi connectivity index (χ2n) is 6.15. The molecule has 0 aliphatic rings. The Kier molecular flexibility index (Phi) is 5.35. The largest absolute Gasteiger partial charge is 0.480 e. The van der Waals surface area contributed by atoms with E-state index in [4.69, 9.17) is 27.9 Å². The number of carbonyl (C=O) groups is 1. The molecule has 26 heavy (non-hydrogen) atoms. The summed E-state index contributed by atoms with van der Waals surface area (Å²) in [6, 6.07) is 11.1. The summed E-state index contributed by atoms with van der Waals surface area (Å²) in [5, 5.41) is 4.35. The van der Waals surface area contributed by atoms with Crippen LogP contribution in [-0.2, 0) is 4.79 Å². The van der Waals surface area contributed by atoms with Crippen LogP contribution in [0.1, 0.15) is 16.8 Å². The number of nitrogens with zero attached hydrogens (tertiary/aromatic N) is 1. The van der Waals surface area contributed by atoms with Crippen molar-refractivity contribution in [1.29, 1.82) is 0 Å². The maximum absolute atomic E-state index is 12.2. The highest BCUT2D eigenvalue weighted by molar-refractivity contribution is 6.39. The molecular weight excluding hydrogens is 371 g/mol. The summed E-state index contributed by atoms with van der Waals surface area (Å²) in [4.78, 5) is 16.7. The fraction of sp³-hybridized carbons (Fsp3) is 0.200. The van der Waals surface area contributed by atoms with Crippen LogP contribution in [0.15, 0.2) is 36.4 Å². The van der Waals surface area contributed by atoms with Crippen molar-refractivity contribution in [3.63, 3.8) is 0 Å². The number of fused-ring (bicyclic) bond motifs is 1. The summed E-state index contributed by atoms with van der Waals surface area (Å²) >= 11 is 12.5. The number of nitrogens with one attached hydrogen (secondary N) is 1. The number of anilines is 1. The molecule has 1 N–H and O–H groups in total. The Labute approximate surface area is 162 Å². The first-order chi connectivity index (χ1) is 12.3. The normalized spacial score (nSPS) is 10.8. The predicted molar refractivity (Wildman–Crippen MR) is 107 cm³/mol. The molecule has 3 rings (SSSR count). The molecule has 0 radical (unpaired) electrons. The molecule has 0 fully saturated rings. The van der Waals surface area contributed by atoms with E-state index < -0.39 is 0 Å². The lowest BCUT2D eigenvalue weighted by Gasteiger charge is -2.13. The molecule has 0 unspecified atom stereocenters. The van der Waals surface area contributed by atoms with Gasteiger partial charge in [-0.15, -0.1) is 0 Å².